The smallest absolute Gasteiger partial charge is 0.262 e. The van der Waals surface area contributed by atoms with Crippen molar-refractivity contribution < 1.29 is 4.79 Å². The molecule has 0 N–H and O–H groups in total. The van der Waals surface area contributed by atoms with Gasteiger partial charge in [-0.15, -0.1) is 0 Å². The van der Waals surface area contributed by atoms with Crippen LogP contribution in [-0.2, 0) is 11.2 Å². The molecule has 1 fully saturated rings. The van der Waals surface area contributed by atoms with Gasteiger partial charge in [-0.25, -0.2) is 4.98 Å². The Labute approximate surface area is 167 Å². The largest absolute Gasteiger partial charge is 0.311 e. The third kappa shape index (κ3) is 2.92. The van der Waals surface area contributed by atoms with Crippen LogP contribution in [-0.4, -0.2) is 27.3 Å². The number of fused-ring (bicyclic) bond motifs is 2. The second-order valence-corrected chi connectivity index (χ2v) is 8.75. The molecule has 1 aliphatic heterocycles. The Morgan fingerprint density at radius 1 is 1.14 bits per heavy atom. The standard InChI is InChI=1S/C22H21N3O2S/c1-14(20(26)24-13-12-15-6-2-5-9-19(15)24)28-22-23-18-8-4-3-7-17(18)21(27)25(22)16-10-11-16/h2-9,14,16H,10-13H2,1H3/t14-/m1/s1. The number of hydrogen-bond acceptors (Lipinski definition) is 4. The summed E-state index contributed by atoms with van der Waals surface area (Å²) in [6.45, 7) is 2.62. The zero-order valence-electron chi connectivity index (χ0n) is 15.7. The fraction of sp³-hybridized carbons (Fsp3) is 0.318. The van der Waals surface area contributed by atoms with Crippen molar-refractivity contribution in [3.05, 3.63) is 64.4 Å². The molecule has 2 aromatic carbocycles. The summed E-state index contributed by atoms with van der Waals surface area (Å²) >= 11 is 1.40. The van der Waals surface area contributed by atoms with Gasteiger partial charge in [-0.3, -0.25) is 14.2 Å². The average molecular weight is 391 g/mol. The predicted octanol–water partition coefficient (Wildman–Crippen LogP) is 3.80. The van der Waals surface area contributed by atoms with E-state index >= 15 is 0 Å². The number of para-hydroxylation sites is 2. The van der Waals surface area contributed by atoms with Gasteiger partial charge in [0.25, 0.3) is 5.56 Å². The van der Waals surface area contributed by atoms with E-state index in [2.05, 4.69) is 6.07 Å². The quantitative estimate of drug-likeness (QED) is 0.501. The number of amides is 1. The molecule has 2 aliphatic rings. The zero-order valence-corrected chi connectivity index (χ0v) is 16.5. The normalized spacial score (nSPS) is 17.0. The molecule has 1 aliphatic carbocycles. The molecule has 0 spiro atoms. The van der Waals surface area contributed by atoms with Crippen LogP contribution < -0.4 is 10.5 Å². The second-order valence-electron chi connectivity index (χ2n) is 7.45. The molecule has 0 bridgehead atoms. The van der Waals surface area contributed by atoms with Crippen LogP contribution in [0, 0.1) is 0 Å². The predicted molar refractivity (Wildman–Crippen MR) is 112 cm³/mol. The van der Waals surface area contributed by atoms with Gasteiger partial charge in [0.05, 0.1) is 16.2 Å². The fourth-order valence-electron chi connectivity index (χ4n) is 3.86. The Hall–Kier alpha value is -2.60. The third-order valence-corrected chi connectivity index (χ3v) is 6.52. The highest BCUT2D eigenvalue weighted by Gasteiger charge is 2.32. The van der Waals surface area contributed by atoms with Gasteiger partial charge in [0.1, 0.15) is 0 Å². The molecule has 142 valence electrons. The lowest BCUT2D eigenvalue weighted by atomic mass is 10.2. The van der Waals surface area contributed by atoms with E-state index in [-0.39, 0.29) is 22.8 Å². The van der Waals surface area contributed by atoms with Crippen molar-refractivity contribution >= 4 is 34.3 Å². The Balaban J connectivity index is 1.47. The van der Waals surface area contributed by atoms with Crippen molar-refractivity contribution in [3.63, 3.8) is 0 Å². The molecule has 0 unspecified atom stereocenters. The summed E-state index contributed by atoms with van der Waals surface area (Å²) < 4.78 is 1.80. The average Bonchev–Trinajstić information content (AvgIpc) is 3.45. The van der Waals surface area contributed by atoms with Crippen LogP contribution in [0.25, 0.3) is 10.9 Å². The topological polar surface area (TPSA) is 55.2 Å². The Morgan fingerprint density at radius 2 is 1.89 bits per heavy atom. The van der Waals surface area contributed by atoms with Crippen LogP contribution in [0.3, 0.4) is 0 Å². The van der Waals surface area contributed by atoms with Gasteiger partial charge in [0, 0.05) is 18.3 Å². The van der Waals surface area contributed by atoms with Crippen LogP contribution in [0.2, 0.25) is 0 Å². The molecule has 28 heavy (non-hydrogen) atoms. The molecule has 3 aromatic rings. The van der Waals surface area contributed by atoms with Crippen molar-refractivity contribution in [1.82, 2.24) is 9.55 Å². The minimum Gasteiger partial charge on any atom is -0.311 e. The van der Waals surface area contributed by atoms with Gasteiger partial charge < -0.3 is 4.90 Å². The molecular weight excluding hydrogens is 370 g/mol. The molecule has 1 amide bonds. The summed E-state index contributed by atoms with van der Waals surface area (Å²) in [4.78, 5) is 32.8. The van der Waals surface area contributed by atoms with Gasteiger partial charge in [-0.05, 0) is 49.9 Å². The molecule has 1 atom stereocenters. The number of benzene rings is 2. The van der Waals surface area contributed by atoms with E-state index in [0.717, 1.165) is 24.9 Å². The second kappa shape index (κ2) is 6.78. The van der Waals surface area contributed by atoms with Crippen molar-refractivity contribution in [2.45, 2.75) is 42.6 Å². The maximum Gasteiger partial charge on any atom is 0.262 e. The van der Waals surface area contributed by atoms with Crippen LogP contribution in [0.1, 0.15) is 31.4 Å². The van der Waals surface area contributed by atoms with Crippen molar-refractivity contribution in [1.29, 1.82) is 0 Å². The number of aromatic nitrogens is 2. The molecule has 5 nitrogen and oxygen atoms in total. The first-order chi connectivity index (χ1) is 13.6. The molecule has 1 saturated carbocycles. The maximum atomic E-state index is 13.1. The summed E-state index contributed by atoms with van der Waals surface area (Å²) in [5, 5.41) is 0.981. The zero-order chi connectivity index (χ0) is 19.3. The van der Waals surface area contributed by atoms with E-state index in [1.54, 1.807) is 4.57 Å². The number of hydrogen-bond donors (Lipinski definition) is 0. The van der Waals surface area contributed by atoms with Crippen molar-refractivity contribution in [2.75, 3.05) is 11.4 Å². The molecule has 6 heteroatoms. The minimum atomic E-state index is -0.316. The highest BCUT2D eigenvalue weighted by atomic mass is 32.2. The highest BCUT2D eigenvalue weighted by Crippen LogP contribution is 2.38. The van der Waals surface area contributed by atoms with E-state index in [1.165, 1.54) is 17.3 Å². The van der Waals surface area contributed by atoms with Gasteiger partial charge in [0.2, 0.25) is 5.91 Å². The summed E-state index contributed by atoms with van der Waals surface area (Å²) in [7, 11) is 0. The summed E-state index contributed by atoms with van der Waals surface area (Å²) in [6.07, 6.45) is 2.88. The van der Waals surface area contributed by atoms with Crippen LogP contribution >= 0.6 is 11.8 Å². The Morgan fingerprint density at radius 3 is 2.71 bits per heavy atom. The molecule has 5 rings (SSSR count). The van der Waals surface area contributed by atoms with Gasteiger partial charge >= 0.3 is 0 Å². The number of thioether (sulfide) groups is 1. The van der Waals surface area contributed by atoms with Crippen LogP contribution in [0.4, 0.5) is 5.69 Å². The first-order valence-electron chi connectivity index (χ1n) is 9.70. The van der Waals surface area contributed by atoms with Gasteiger partial charge in [-0.2, -0.15) is 0 Å². The fourth-order valence-corrected chi connectivity index (χ4v) is 4.90. The lowest BCUT2D eigenvalue weighted by Gasteiger charge is -2.22. The Kier molecular flexibility index (Phi) is 4.23. The van der Waals surface area contributed by atoms with Gasteiger partial charge in [-0.1, -0.05) is 42.1 Å². The maximum absolute atomic E-state index is 13.1. The monoisotopic (exact) mass is 391 g/mol. The van der Waals surface area contributed by atoms with Crippen molar-refractivity contribution in [3.8, 4) is 0 Å². The first kappa shape index (κ1) is 17.5. The number of rotatable bonds is 4. The molecule has 0 radical (unpaired) electrons. The number of carbonyl (C=O) groups excluding carboxylic acids is 1. The van der Waals surface area contributed by atoms with Crippen LogP contribution in [0.5, 0.6) is 0 Å². The van der Waals surface area contributed by atoms with E-state index in [0.29, 0.717) is 22.6 Å². The lowest BCUT2D eigenvalue weighted by Crippen LogP contribution is -2.35. The molecule has 1 aromatic heterocycles. The Bertz CT molecular complexity index is 1140. The number of carbonyl (C=O) groups is 1. The van der Waals surface area contributed by atoms with E-state index in [4.69, 9.17) is 4.98 Å². The van der Waals surface area contributed by atoms with E-state index in [1.807, 2.05) is 54.3 Å². The highest BCUT2D eigenvalue weighted by molar-refractivity contribution is 8.00. The third-order valence-electron chi connectivity index (χ3n) is 5.47. The SMILES string of the molecule is C[C@@H](Sc1nc2ccccc2c(=O)n1C1CC1)C(=O)N1CCc2ccccc21. The van der Waals surface area contributed by atoms with Gasteiger partial charge in [0.15, 0.2) is 5.16 Å². The van der Waals surface area contributed by atoms with E-state index in [9.17, 15) is 9.59 Å². The summed E-state index contributed by atoms with van der Waals surface area (Å²) in [5.74, 6) is 0.0692. The lowest BCUT2D eigenvalue weighted by molar-refractivity contribution is -0.117. The first-order valence-corrected chi connectivity index (χ1v) is 10.6. The van der Waals surface area contributed by atoms with Crippen LogP contribution in [0.15, 0.2) is 58.5 Å². The molecular formula is C22H21N3O2S. The van der Waals surface area contributed by atoms with E-state index < -0.39 is 0 Å². The number of nitrogens with zero attached hydrogens (tertiary/aromatic N) is 3. The summed E-state index contributed by atoms with van der Waals surface area (Å²) in [5.41, 5.74) is 2.91. The molecule has 2 heterocycles. The van der Waals surface area contributed by atoms with Crippen molar-refractivity contribution in [2.24, 2.45) is 0 Å². The number of anilines is 1. The summed E-state index contributed by atoms with van der Waals surface area (Å²) in [6, 6.07) is 15.7. The molecule has 0 saturated heterocycles. The minimum absolute atomic E-state index is 0.00164.